The average Bonchev–Trinajstić information content (AvgIpc) is 2.89. The number of anilines is 1. The predicted octanol–water partition coefficient (Wildman–Crippen LogP) is 2.63. The van der Waals surface area contributed by atoms with Gasteiger partial charge in [-0.15, -0.1) is 0 Å². The molecule has 0 radical (unpaired) electrons. The summed E-state index contributed by atoms with van der Waals surface area (Å²) in [5, 5.41) is 2.50. The molecule has 1 aliphatic rings. The third-order valence-corrected chi connectivity index (χ3v) is 9.70. The van der Waals surface area contributed by atoms with E-state index in [1.54, 1.807) is 12.1 Å². The summed E-state index contributed by atoms with van der Waals surface area (Å²) in [5.74, 6) is -1.10. The Labute approximate surface area is 220 Å². The average molecular weight is 560 g/mol. The zero-order valence-corrected chi connectivity index (χ0v) is 22.1. The van der Waals surface area contributed by atoms with Crippen LogP contribution in [0, 0.1) is 0 Å². The normalized spacial score (nSPS) is 15.1. The summed E-state index contributed by atoms with van der Waals surface area (Å²) in [5.41, 5.74) is 0.621. The number of para-hydroxylation sites is 1. The molecule has 1 heterocycles. The summed E-state index contributed by atoms with van der Waals surface area (Å²) in [7, 11) is -7.04. The lowest BCUT2D eigenvalue weighted by molar-refractivity contribution is -0.129. The second kappa shape index (κ2) is 11.4. The van der Waals surface area contributed by atoms with E-state index in [0.29, 0.717) is 5.69 Å². The minimum Gasteiger partial charge on any atom is -0.343 e. The minimum absolute atomic E-state index is 0.0193. The van der Waals surface area contributed by atoms with Gasteiger partial charge in [-0.3, -0.25) is 14.3 Å². The van der Waals surface area contributed by atoms with Gasteiger partial charge in [0.15, 0.2) is 9.84 Å². The first kappa shape index (κ1) is 26.7. The van der Waals surface area contributed by atoms with Gasteiger partial charge in [-0.2, -0.15) is 0 Å². The monoisotopic (exact) mass is 559 g/mol. The summed E-state index contributed by atoms with van der Waals surface area (Å²) in [6.07, 6.45) is 0. The molecule has 0 spiro atoms. The van der Waals surface area contributed by atoms with E-state index in [9.17, 15) is 26.4 Å². The maximum atomic E-state index is 13.0. The first-order valence-electron chi connectivity index (χ1n) is 11.3. The number of hydrogen-bond donors (Lipinski definition) is 2. The summed E-state index contributed by atoms with van der Waals surface area (Å²) in [6, 6.07) is 22.0. The van der Waals surface area contributed by atoms with Crippen LogP contribution in [0.2, 0.25) is 0 Å². The molecule has 2 N–H and O–H groups in total. The van der Waals surface area contributed by atoms with Crippen LogP contribution in [-0.4, -0.2) is 64.7 Å². The SMILES string of the molecule is O=C(NCC(=O)N1CCS(=O)(=O)CC1)c1ccc(S(=O)(=O)Nc2ccccc2Sc2ccccc2)cc1. The van der Waals surface area contributed by atoms with Crippen molar-refractivity contribution in [2.75, 3.05) is 35.9 Å². The molecule has 0 aliphatic carbocycles. The van der Waals surface area contributed by atoms with Gasteiger partial charge in [0.25, 0.3) is 15.9 Å². The van der Waals surface area contributed by atoms with Crippen LogP contribution in [-0.2, 0) is 24.7 Å². The Morgan fingerprint density at radius 2 is 1.49 bits per heavy atom. The predicted molar refractivity (Wildman–Crippen MR) is 142 cm³/mol. The van der Waals surface area contributed by atoms with Crippen molar-refractivity contribution in [3.63, 3.8) is 0 Å². The number of nitrogens with one attached hydrogen (secondary N) is 2. The molecule has 12 heteroatoms. The summed E-state index contributed by atoms with van der Waals surface area (Å²) < 4.78 is 51.6. The largest absolute Gasteiger partial charge is 0.343 e. The van der Waals surface area contributed by atoms with Crippen LogP contribution in [0.3, 0.4) is 0 Å². The highest BCUT2D eigenvalue weighted by molar-refractivity contribution is 7.99. The molecule has 9 nitrogen and oxygen atoms in total. The fourth-order valence-electron chi connectivity index (χ4n) is 3.58. The Kier molecular flexibility index (Phi) is 8.20. The van der Waals surface area contributed by atoms with E-state index >= 15 is 0 Å². The van der Waals surface area contributed by atoms with Gasteiger partial charge in [-0.1, -0.05) is 42.1 Å². The van der Waals surface area contributed by atoms with Crippen LogP contribution in [0.5, 0.6) is 0 Å². The molecular formula is C25H25N3O6S3. The van der Waals surface area contributed by atoms with Crippen molar-refractivity contribution >= 4 is 49.1 Å². The van der Waals surface area contributed by atoms with Crippen LogP contribution < -0.4 is 10.0 Å². The molecular weight excluding hydrogens is 534 g/mol. The van der Waals surface area contributed by atoms with E-state index < -0.39 is 25.8 Å². The van der Waals surface area contributed by atoms with Crippen molar-refractivity contribution < 1.29 is 26.4 Å². The highest BCUT2D eigenvalue weighted by Gasteiger charge is 2.25. The van der Waals surface area contributed by atoms with E-state index in [0.717, 1.165) is 9.79 Å². The van der Waals surface area contributed by atoms with E-state index in [4.69, 9.17) is 0 Å². The smallest absolute Gasteiger partial charge is 0.261 e. The Bertz CT molecular complexity index is 1480. The van der Waals surface area contributed by atoms with E-state index in [1.807, 2.05) is 42.5 Å². The standard InChI is InChI=1S/C25H25N3O6S3/c29-24(28-14-16-36(31,32)17-15-28)18-26-25(30)19-10-12-21(13-11-19)37(33,34)27-22-8-4-5-9-23(22)35-20-6-2-1-3-7-20/h1-13,27H,14-18H2,(H,26,30). The maximum Gasteiger partial charge on any atom is 0.261 e. The van der Waals surface area contributed by atoms with Crippen LogP contribution in [0.15, 0.2) is 93.5 Å². The number of sulfonamides is 1. The zero-order chi connectivity index (χ0) is 26.5. The molecule has 4 rings (SSSR count). The molecule has 194 valence electrons. The first-order chi connectivity index (χ1) is 17.6. The highest BCUT2D eigenvalue weighted by atomic mass is 32.2. The summed E-state index contributed by atoms with van der Waals surface area (Å²) in [4.78, 5) is 27.8. The van der Waals surface area contributed by atoms with Gasteiger partial charge in [-0.25, -0.2) is 16.8 Å². The van der Waals surface area contributed by atoms with E-state index in [1.165, 1.54) is 40.9 Å². The van der Waals surface area contributed by atoms with Crippen molar-refractivity contribution in [2.24, 2.45) is 0 Å². The number of hydrogen-bond acceptors (Lipinski definition) is 7. The molecule has 3 aromatic rings. The van der Waals surface area contributed by atoms with Gasteiger partial charge in [0.1, 0.15) is 0 Å². The number of benzene rings is 3. The summed E-state index contributed by atoms with van der Waals surface area (Å²) in [6.45, 7) is -0.0799. The second-order valence-electron chi connectivity index (χ2n) is 8.26. The fraction of sp³-hybridized carbons (Fsp3) is 0.200. The number of carbonyl (C=O) groups excluding carboxylic acids is 2. The van der Waals surface area contributed by atoms with Crippen molar-refractivity contribution in [1.82, 2.24) is 10.2 Å². The zero-order valence-electron chi connectivity index (χ0n) is 19.7. The molecule has 0 bridgehead atoms. The van der Waals surface area contributed by atoms with Gasteiger partial charge in [0, 0.05) is 28.4 Å². The molecule has 37 heavy (non-hydrogen) atoms. The molecule has 0 unspecified atom stereocenters. The number of nitrogens with zero attached hydrogens (tertiary/aromatic N) is 1. The third kappa shape index (κ3) is 7.12. The van der Waals surface area contributed by atoms with Gasteiger partial charge in [0.05, 0.1) is 28.6 Å². The Balaban J connectivity index is 1.37. The molecule has 0 atom stereocenters. The molecule has 1 aliphatic heterocycles. The molecule has 2 amide bonds. The van der Waals surface area contributed by atoms with Crippen LogP contribution in [0.4, 0.5) is 5.69 Å². The van der Waals surface area contributed by atoms with Crippen molar-refractivity contribution in [2.45, 2.75) is 14.7 Å². The maximum absolute atomic E-state index is 13.0. The first-order valence-corrected chi connectivity index (χ1v) is 15.5. The Morgan fingerprint density at radius 1 is 0.865 bits per heavy atom. The van der Waals surface area contributed by atoms with Gasteiger partial charge in [-0.05, 0) is 48.5 Å². The van der Waals surface area contributed by atoms with Crippen LogP contribution in [0.25, 0.3) is 0 Å². The Morgan fingerprint density at radius 3 is 2.16 bits per heavy atom. The quantitative estimate of drug-likeness (QED) is 0.434. The lowest BCUT2D eigenvalue weighted by Crippen LogP contribution is -2.47. The van der Waals surface area contributed by atoms with Gasteiger partial charge < -0.3 is 10.2 Å². The number of rotatable bonds is 8. The minimum atomic E-state index is -3.93. The second-order valence-corrected chi connectivity index (χ2v) is 13.4. The Hall–Kier alpha value is -3.35. The van der Waals surface area contributed by atoms with Crippen LogP contribution in [0.1, 0.15) is 10.4 Å². The summed E-state index contributed by atoms with van der Waals surface area (Å²) >= 11 is 1.43. The van der Waals surface area contributed by atoms with Crippen molar-refractivity contribution in [1.29, 1.82) is 0 Å². The third-order valence-electron chi connectivity index (χ3n) is 5.63. The van der Waals surface area contributed by atoms with Crippen molar-refractivity contribution in [3.05, 3.63) is 84.4 Å². The molecule has 0 saturated carbocycles. The molecule has 3 aromatic carbocycles. The van der Waals surface area contributed by atoms with E-state index in [2.05, 4.69) is 10.0 Å². The number of amides is 2. The lowest BCUT2D eigenvalue weighted by atomic mass is 10.2. The van der Waals surface area contributed by atoms with Crippen LogP contribution >= 0.6 is 11.8 Å². The molecule has 0 aromatic heterocycles. The molecule has 1 fully saturated rings. The van der Waals surface area contributed by atoms with Crippen molar-refractivity contribution in [3.8, 4) is 0 Å². The van der Waals surface area contributed by atoms with Gasteiger partial charge in [0.2, 0.25) is 5.91 Å². The van der Waals surface area contributed by atoms with E-state index in [-0.39, 0.29) is 47.5 Å². The van der Waals surface area contributed by atoms with Gasteiger partial charge >= 0.3 is 0 Å². The number of carbonyl (C=O) groups is 2. The molecule has 1 saturated heterocycles. The topological polar surface area (TPSA) is 130 Å². The fourth-order valence-corrected chi connectivity index (χ4v) is 6.84. The number of sulfone groups is 1. The highest BCUT2D eigenvalue weighted by Crippen LogP contribution is 2.34. The lowest BCUT2D eigenvalue weighted by Gasteiger charge is -2.26.